The molecule has 1 N–H and O–H groups in total. The maximum Gasteiger partial charge on any atom is 0.228 e. The fraction of sp³-hybridized carbons (Fsp3) is 0.278. The van der Waals surface area contributed by atoms with Gasteiger partial charge in [0.15, 0.2) is 0 Å². The smallest absolute Gasteiger partial charge is 0.228 e. The Kier molecular flexibility index (Phi) is 4.87. The summed E-state index contributed by atoms with van der Waals surface area (Å²) >= 11 is 5.96. The van der Waals surface area contributed by atoms with E-state index in [2.05, 4.69) is 26.1 Å². The molecule has 2 aromatic rings. The van der Waals surface area contributed by atoms with Gasteiger partial charge in [0.25, 0.3) is 0 Å². The van der Waals surface area contributed by atoms with E-state index in [4.69, 9.17) is 11.6 Å². The first kappa shape index (κ1) is 16.5. The van der Waals surface area contributed by atoms with Crippen molar-refractivity contribution in [3.05, 3.63) is 64.4 Å². The number of benzene rings is 2. The van der Waals surface area contributed by atoms with Crippen molar-refractivity contribution in [2.45, 2.75) is 32.6 Å². The lowest BCUT2D eigenvalue weighted by Crippen LogP contribution is -2.20. The van der Waals surface area contributed by atoms with E-state index in [1.54, 1.807) is 6.07 Å². The van der Waals surface area contributed by atoms with Gasteiger partial charge in [-0.05, 0) is 29.2 Å². The second-order valence-corrected chi connectivity index (χ2v) is 6.63. The predicted molar refractivity (Wildman–Crippen MR) is 88.9 cm³/mol. The number of para-hydroxylation sites is 1. The summed E-state index contributed by atoms with van der Waals surface area (Å²) in [7, 11) is 0. The van der Waals surface area contributed by atoms with Crippen LogP contribution in [0, 0.1) is 5.82 Å². The molecule has 0 atom stereocenters. The number of carbonyl (C=O) groups excluding carboxylic acids is 1. The fourth-order valence-electron chi connectivity index (χ4n) is 2.30. The Labute approximate surface area is 135 Å². The number of anilines is 1. The summed E-state index contributed by atoms with van der Waals surface area (Å²) in [6, 6.07) is 12.0. The van der Waals surface area contributed by atoms with Gasteiger partial charge in [-0.3, -0.25) is 4.79 Å². The molecule has 22 heavy (non-hydrogen) atoms. The van der Waals surface area contributed by atoms with Gasteiger partial charge in [-0.15, -0.1) is 0 Å². The van der Waals surface area contributed by atoms with E-state index in [0.717, 1.165) is 11.3 Å². The van der Waals surface area contributed by atoms with Crippen molar-refractivity contribution in [1.82, 2.24) is 0 Å². The molecule has 0 bridgehead atoms. The fourth-order valence-corrected chi connectivity index (χ4v) is 2.53. The molecule has 1 amide bonds. The lowest BCUT2D eigenvalue weighted by molar-refractivity contribution is -0.115. The zero-order valence-electron chi connectivity index (χ0n) is 12.9. The second kappa shape index (κ2) is 6.49. The molecule has 0 saturated heterocycles. The molecule has 0 heterocycles. The van der Waals surface area contributed by atoms with Crippen LogP contribution < -0.4 is 5.32 Å². The van der Waals surface area contributed by atoms with E-state index < -0.39 is 5.82 Å². The van der Waals surface area contributed by atoms with Crippen LogP contribution in [0.1, 0.15) is 31.9 Å². The van der Waals surface area contributed by atoms with Crippen LogP contribution >= 0.6 is 11.6 Å². The maximum absolute atomic E-state index is 13.8. The summed E-state index contributed by atoms with van der Waals surface area (Å²) in [4.78, 5) is 12.2. The van der Waals surface area contributed by atoms with Crippen LogP contribution in [-0.2, 0) is 16.6 Å². The molecule has 2 rings (SSSR count). The molecule has 0 aromatic heterocycles. The summed E-state index contributed by atoms with van der Waals surface area (Å²) in [6.45, 7) is 6.23. The molecule has 2 nitrogen and oxygen atoms in total. The summed E-state index contributed by atoms with van der Waals surface area (Å²) in [6.07, 6.45) is -0.0933. The van der Waals surface area contributed by atoms with Crippen molar-refractivity contribution in [2.75, 3.05) is 5.32 Å². The van der Waals surface area contributed by atoms with Crippen LogP contribution in [-0.4, -0.2) is 5.91 Å². The number of nitrogens with one attached hydrogen (secondary N) is 1. The summed E-state index contributed by atoms with van der Waals surface area (Å²) in [5, 5.41) is 3.12. The number of amides is 1. The minimum absolute atomic E-state index is 0.0933. The molecule has 0 unspecified atom stereocenters. The Balaban J connectivity index is 2.20. The minimum atomic E-state index is -0.466. The average molecular weight is 320 g/mol. The number of halogens is 2. The highest BCUT2D eigenvalue weighted by Crippen LogP contribution is 2.29. The lowest BCUT2D eigenvalue weighted by atomic mass is 9.86. The first-order valence-corrected chi connectivity index (χ1v) is 7.49. The second-order valence-electron chi connectivity index (χ2n) is 6.22. The van der Waals surface area contributed by atoms with Crippen molar-refractivity contribution >= 4 is 23.2 Å². The maximum atomic E-state index is 13.8. The quantitative estimate of drug-likeness (QED) is 0.851. The topological polar surface area (TPSA) is 29.1 Å². The molecule has 0 saturated carbocycles. The molecule has 0 aliphatic heterocycles. The Morgan fingerprint density at radius 2 is 1.82 bits per heavy atom. The van der Waals surface area contributed by atoms with Crippen molar-refractivity contribution in [2.24, 2.45) is 0 Å². The minimum Gasteiger partial charge on any atom is -0.326 e. The van der Waals surface area contributed by atoms with Crippen molar-refractivity contribution < 1.29 is 9.18 Å². The van der Waals surface area contributed by atoms with Crippen LogP contribution in [0.25, 0.3) is 0 Å². The SMILES string of the molecule is CC(C)(C)c1ccccc1NC(=O)Cc1c(F)cccc1Cl. The largest absolute Gasteiger partial charge is 0.326 e. The van der Waals surface area contributed by atoms with Gasteiger partial charge in [-0.2, -0.15) is 0 Å². The summed E-state index contributed by atoms with van der Waals surface area (Å²) in [5.41, 5.74) is 1.89. The highest BCUT2D eigenvalue weighted by atomic mass is 35.5. The Bertz CT molecular complexity index is 671. The van der Waals surface area contributed by atoms with Crippen LogP contribution in [0.5, 0.6) is 0 Å². The highest BCUT2D eigenvalue weighted by Gasteiger charge is 2.19. The molecule has 0 radical (unpaired) electrons. The molecule has 0 aliphatic rings. The Morgan fingerprint density at radius 3 is 2.45 bits per heavy atom. The number of hydrogen-bond donors (Lipinski definition) is 1. The van der Waals surface area contributed by atoms with Gasteiger partial charge in [0.2, 0.25) is 5.91 Å². The van der Waals surface area contributed by atoms with E-state index in [0.29, 0.717) is 0 Å². The number of carbonyl (C=O) groups is 1. The monoisotopic (exact) mass is 319 g/mol. The predicted octanol–water partition coefficient (Wildman–Crippen LogP) is 4.96. The van der Waals surface area contributed by atoms with Gasteiger partial charge in [0, 0.05) is 16.3 Å². The summed E-state index contributed by atoms with van der Waals surface area (Å²) < 4.78 is 13.8. The number of rotatable bonds is 3. The Hall–Kier alpha value is -1.87. The van der Waals surface area contributed by atoms with Crippen LogP contribution in [0.3, 0.4) is 0 Å². The molecule has 116 valence electrons. The van der Waals surface area contributed by atoms with Crippen molar-refractivity contribution in [3.8, 4) is 0 Å². The molecule has 4 heteroatoms. The molecule has 0 spiro atoms. The van der Waals surface area contributed by atoms with Crippen LogP contribution in [0.15, 0.2) is 42.5 Å². The van der Waals surface area contributed by atoms with Gasteiger partial charge in [0.1, 0.15) is 5.82 Å². The van der Waals surface area contributed by atoms with E-state index in [1.807, 2.05) is 24.3 Å². The molecular formula is C18H19ClFNO. The third-order valence-electron chi connectivity index (χ3n) is 3.41. The highest BCUT2D eigenvalue weighted by molar-refractivity contribution is 6.31. The Morgan fingerprint density at radius 1 is 1.14 bits per heavy atom. The van der Waals surface area contributed by atoms with Gasteiger partial charge in [-0.25, -0.2) is 4.39 Å². The third kappa shape index (κ3) is 3.86. The van der Waals surface area contributed by atoms with Gasteiger partial charge < -0.3 is 5.32 Å². The average Bonchev–Trinajstić information content (AvgIpc) is 2.42. The van der Waals surface area contributed by atoms with Crippen molar-refractivity contribution in [3.63, 3.8) is 0 Å². The van der Waals surface area contributed by atoms with Crippen LogP contribution in [0.4, 0.5) is 10.1 Å². The van der Waals surface area contributed by atoms with Gasteiger partial charge in [-0.1, -0.05) is 56.6 Å². The van der Waals surface area contributed by atoms with Gasteiger partial charge in [0.05, 0.1) is 6.42 Å². The van der Waals surface area contributed by atoms with E-state index in [-0.39, 0.29) is 28.3 Å². The molecule has 2 aromatic carbocycles. The first-order chi connectivity index (χ1) is 10.3. The summed E-state index contributed by atoms with van der Waals surface area (Å²) in [5.74, 6) is -0.754. The first-order valence-electron chi connectivity index (χ1n) is 7.11. The molecular weight excluding hydrogens is 301 g/mol. The van der Waals surface area contributed by atoms with Crippen molar-refractivity contribution in [1.29, 1.82) is 0 Å². The molecule has 0 fully saturated rings. The number of hydrogen-bond acceptors (Lipinski definition) is 1. The van der Waals surface area contributed by atoms with E-state index in [1.165, 1.54) is 12.1 Å². The van der Waals surface area contributed by atoms with Gasteiger partial charge >= 0.3 is 0 Å². The van der Waals surface area contributed by atoms with E-state index in [9.17, 15) is 9.18 Å². The normalized spacial score (nSPS) is 11.3. The van der Waals surface area contributed by atoms with Crippen LogP contribution in [0.2, 0.25) is 5.02 Å². The van der Waals surface area contributed by atoms with E-state index >= 15 is 0 Å². The molecule has 0 aliphatic carbocycles. The standard InChI is InChI=1S/C18H19ClFNO/c1-18(2,3)13-7-4-5-10-16(13)21-17(22)11-12-14(19)8-6-9-15(12)20/h4-10H,11H2,1-3H3,(H,21,22). The lowest BCUT2D eigenvalue weighted by Gasteiger charge is -2.23. The zero-order valence-corrected chi connectivity index (χ0v) is 13.7. The third-order valence-corrected chi connectivity index (χ3v) is 3.76. The zero-order chi connectivity index (χ0) is 16.3.